The summed E-state index contributed by atoms with van der Waals surface area (Å²) >= 11 is 0. The van der Waals surface area contributed by atoms with E-state index in [0.717, 1.165) is 16.9 Å². The largest absolute Gasteiger partial charge is 0.486 e. The van der Waals surface area contributed by atoms with Gasteiger partial charge in [-0.3, -0.25) is 4.79 Å². The molecule has 102 valence electrons. The van der Waals surface area contributed by atoms with Crippen LogP contribution in [0.4, 0.5) is 0 Å². The van der Waals surface area contributed by atoms with Crippen LogP contribution in [0.5, 0.6) is 11.5 Å². The fourth-order valence-corrected chi connectivity index (χ4v) is 2.59. The first-order valence-corrected chi connectivity index (χ1v) is 6.24. The molecule has 1 fully saturated rings. The van der Waals surface area contributed by atoms with Gasteiger partial charge in [0.15, 0.2) is 11.5 Å². The Bertz CT molecular complexity index is 519. The van der Waals surface area contributed by atoms with E-state index in [2.05, 4.69) is 0 Å². The molecule has 0 amide bonds. The quantitative estimate of drug-likeness (QED) is 0.751. The third-order valence-electron chi connectivity index (χ3n) is 3.68. The van der Waals surface area contributed by atoms with Gasteiger partial charge in [0.05, 0.1) is 20.3 Å². The number of hydrogen-bond donors (Lipinski definition) is 0. The molecule has 0 radical (unpaired) electrons. The Hall–Kier alpha value is -1.75. The lowest BCUT2D eigenvalue weighted by atomic mass is 9.76. The molecule has 0 aromatic heterocycles. The zero-order valence-corrected chi connectivity index (χ0v) is 11.0. The summed E-state index contributed by atoms with van der Waals surface area (Å²) < 4.78 is 21.3. The molecule has 1 saturated heterocycles. The summed E-state index contributed by atoms with van der Waals surface area (Å²) in [5.74, 6) is 1.15. The number of ether oxygens (including phenoxy) is 4. The molecule has 2 heterocycles. The molecule has 2 aliphatic rings. The number of rotatable bonds is 2. The van der Waals surface area contributed by atoms with Gasteiger partial charge < -0.3 is 18.9 Å². The molecule has 0 atom stereocenters. The van der Waals surface area contributed by atoms with Gasteiger partial charge in [-0.2, -0.15) is 0 Å². The van der Waals surface area contributed by atoms with Gasteiger partial charge in [-0.05, 0) is 30.2 Å². The summed E-state index contributed by atoms with van der Waals surface area (Å²) in [6.07, 6.45) is 0. The first-order valence-electron chi connectivity index (χ1n) is 6.24. The number of methoxy groups -OCH3 is 1. The minimum Gasteiger partial charge on any atom is -0.486 e. The molecule has 1 aromatic carbocycles. The highest BCUT2D eigenvalue weighted by atomic mass is 16.6. The van der Waals surface area contributed by atoms with Crippen molar-refractivity contribution in [2.45, 2.75) is 12.3 Å². The van der Waals surface area contributed by atoms with Crippen LogP contribution >= 0.6 is 0 Å². The summed E-state index contributed by atoms with van der Waals surface area (Å²) in [7, 11) is 1.40. The molecule has 0 saturated carbocycles. The number of hydrogen-bond acceptors (Lipinski definition) is 5. The maximum Gasteiger partial charge on any atom is 0.321 e. The molecule has 0 aliphatic carbocycles. The first kappa shape index (κ1) is 12.3. The Morgan fingerprint density at radius 2 is 1.84 bits per heavy atom. The molecule has 2 aliphatic heterocycles. The zero-order valence-electron chi connectivity index (χ0n) is 11.0. The Morgan fingerprint density at radius 3 is 2.37 bits per heavy atom. The molecular weight excluding hydrogens is 248 g/mol. The van der Waals surface area contributed by atoms with Crippen molar-refractivity contribution in [3.63, 3.8) is 0 Å². The molecule has 0 N–H and O–H groups in total. The second-order valence-corrected chi connectivity index (χ2v) is 4.88. The van der Waals surface area contributed by atoms with Gasteiger partial charge in [0.2, 0.25) is 0 Å². The van der Waals surface area contributed by atoms with E-state index in [0.29, 0.717) is 32.2 Å². The van der Waals surface area contributed by atoms with E-state index in [1.54, 1.807) is 0 Å². The van der Waals surface area contributed by atoms with Crippen LogP contribution in [0, 0.1) is 6.92 Å². The highest BCUT2D eigenvalue weighted by Crippen LogP contribution is 2.41. The lowest BCUT2D eigenvalue weighted by Crippen LogP contribution is -2.54. The third-order valence-corrected chi connectivity index (χ3v) is 3.68. The van der Waals surface area contributed by atoms with Crippen LogP contribution in [0.1, 0.15) is 11.1 Å². The Morgan fingerprint density at radius 1 is 1.21 bits per heavy atom. The Kier molecular flexibility index (Phi) is 2.86. The van der Waals surface area contributed by atoms with Crippen LogP contribution in [0.3, 0.4) is 0 Å². The second-order valence-electron chi connectivity index (χ2n) is 4.88. The van der Waals surface area contributed by atoms with Crippen molar-refractivity contribution in [2.75, 3.05) is 33.5 Å². The molecule has 3 rings (SSSR count). The fourth-order valence-electron chi connectivity index (χ4n) is 2.59. The van der Waals surface area contributed by atoms with Crippen LogP contribution in [-0.2, 0) is 19.7 Å². The average Bonchev–Trinajstić information content (AvgIpc) is 2.37. The molecule has 0 unspecified atom stereocenters. The van der Waals surface area contributed by atoms with Crippen molar-refractivity contribution >= 4 is 5.97 Å². The van der Waals surface area contributed by atoms with Crippen molar-refractivity contribution in [1.82, 2.24) is 0 Å². The van der Waals surface area contributed by atoms with Gasteiger partial charge in [-0.25, -0.2) is 0 Å². The van der Waals surface area contributed by atoms with Crippen molar-refractivity contribution in [3.05, 3.63) is 23.3 Å². The van der Waals surface area contributed by atoms with Gasteiger partial charge in [0, 0.05) is 0 Å². The third kappa shape index (κ3) is 1.76. The van der Waals surface area contributed by atoms with Crippen LogP contribution in [0.15, 0.2) is 12.1 Å². The van der Waals surface area contributed by atoms with Crippen LogP contribution in [0.2, 0.25) is 0 Å². The summed E-state index contributed by atoms with van der Waals surface area (Å²) in [5, 5.41) is 0. The smallest absolute Gasteiger partial charge is 0.321 e. The molecule has 5 heteroatoms. The second kappa shape index (κ2) is 4.42. The predicted octanol–water partition coefficient (Wildman–Crippen LogP) is 1.21. The predicted molar refractivity (Wildman–Crippen MR) is 66.7 cm³/mol. The molecule has 5 nitrogen and oxygen atoms in total. The Balaban J connectivity index is 2.06. The maximum atomic E-state index is 12.1. The molecule has 1 aromatic rings. The minimum atomic E-state index is -0.700. The SMILES string of the molecule is COC(=O)C1(c2cc3c(cc2C)OCCO3)COC1. The minimum absolute atomic E-state index is 0.265. The molecule has 0 bridgehead atoms. The van der Waals surface area contributed by atoms with E-state index >= 15 is 0 Å². The number of aryl methyl sites for hydroxylation is 1. The topological polar surface area (TPSA) is 54.0 Å². The molecule has 0 spiro atoms. The van der Waals surface area contributed by atoms with E-state index in [4.69, 9.17) is 18.9 Å². The average molecular weight is 264 g/mol. The van der Waals surface area contributed by atoms with E-state index < -0.39 is 5.41 Å². The summed E-state index contributed by atoms with van der Waals surface area (Å²) in [6.45, 7) is 3.73. The first-order chi connectivity index (χ1) is 9.17. The number of benzene rings is 1. The van der Waals surface area contributed by atoms with Crippen molar-refractivity contribution in [1.29, 1.82) is 0 Å². The fraction of sp³-hybridized carbons (Fsp3) is 0.500. The van der Waals surface area contributed by atoms with Crippen molar-refractivity contribution < 1.29 is 23.7 Å². The highest BCUT2D eigenvalue weighted by molar-refractivity contribution is 5.85. The van der Waals surface area contributed by atoms with Crippen molar-refractivity contribution in [2.24, 2.45) is 0 Å². The van der Waals surface area contributed by atoms with E-state index in [9.17, 15) is 4.79 Å². The van der Waals surface area contributed by atoms with Crippen LogP contribution in [0.25, 0.3) is 0 Å². The zero-order chi connectivity index (χ0) is 13.5. The van der Waals surface area contributed by atoms with Gasteiger partial charge >= 0.3 is 5.97 Å². The van der Waals surface area contributed by atoms with Crippen LogP contribution in [-0.4, -0.2) is 39.5 Å². The molecule has 19 heavy (non-hydrogen) atoms. The maximum absolute atomic E-state index is 12.1. The summed E-state index contributed by atoms with van der Waals surface area (Å²) in [6, 6.07) is 3.79. The van der Waals surface area contributed by atoms with Gasteiger partial charge in [0.25, 0.3) is 0 Å². The Labute approximate surface area is 111 Å². The number of carbonyl (C=O) groups excluding carboxylic acids is 1. The van der Waals surface area contributed by atoms with E-state index in [1.807, 2.05) is 19.1 Å². The van der Waals surface area contributed by atoms with Crippen LogP contribution < -0.4 is 9.47 Å². The van der Waals surface area contributed by atoms with Crippen molar-refractivity contribution in [3.8, 4) is 11.5 Å². The highest BCUT2D eigenvalue weighted by Gasteiger charge is 2.50. The molecular formula is C14H16O5. The number of esters is 1. The standard InChI is InChI=1S/C14H16O5/c1-9-5-11-12(19-4-3-18-11)6-10(9)14(7-17-8-14)13(15)16-2/h5-6H,3-4,7-8H2,1-2H3. The lowest BCUT2D eigenvalue weighted by molar-refractivity contribution is -0.166. The van der Waals surface area contributed by atoms with Gasteiger partial charge in [-0.15, -0.1) is 0 Å². The monoisotopic (exact) mass is 264 g/mol. The van der Waals surface area contributed by atoms with Gasteiger partial charge in [0.1, 0.15) is 18.6 Å². The number of carbonyl (C=O) groups is 1. The van der Waals surface area contributed by atoms with E-state index in [-0.39, 0.29) is 5.97 Å². The normalized spacial score (nSPS) is 19.5. The lowest BCUT2D eigenvalue weighted by Gasteiger charge is -2.40. The summed E-state index contributed by atoms with van der Waals surface area (Å²) in [4.78, 5) is 12.1. The van der Waals surface area contributed by atoms with Gasteiger partial charge in [-0.1, -0.05) is 0 Å². The summed E-state index contributed by atoms with van der Waals surface area (Å²) in [5.41, 5.74) is 1.18. The van der Waals surface area contributed by atoms with E-state index in [1.165, 1.54) is 7.11 Å². The number of fused-ring (bicyclic) bond motifs is 1.